The summed E-state index contributed by atoms with van der Waals surface area (Å²) in [5.74, 6) is 1.20. The Morgan fingerprint density at radius 3 is 2.57 bits per heavy atom. The van der Waals surface area contributed by atoms with E-state index >= 15 is 0 Å². The fourth-order valence-corrected chi connectivity index (χ4v) is 4.45. The standard InChI is InChI=1S/C18H26N2O2S/c1-2-17-13-20(11-12-23-17)18(22)14-3-5-15(6-4-14)19-9-7-16(21)8-10-19/h3-6,16-17,21H,2,7-13H2,1H3/t17-/m1/s1. The smallest absolute Gasteiger partial charge is 0.253 e. The molecule has 2 saturated heterocycles. The average Bonchev–Trinajstić information content (AvgIpc) is 2.62. The van der Waals surface area contributed by atoms with E-state index in [9.17, 15) is 9.90 Å². The van der Waals surface area contributed by atoms with Gasteiger partial charge < -0.3 is 14.9 Å². The number of hydrogen-bond acceptors (Lipinski definition) is 4. The molecule has 0 radical (unpaired) electrons. The number of piperidine rings is 1. The van der Waals surface area contributed by atoms with Crippen molar-refractivity contribution in [3.63, 3.8) is 0 Å². The second-order valence-corrected chi connectivity index (χ2v) is 7.83. The summed E-state index contributed by atoms with van der Waals surface area (Å²) in [6.07, 6.45) is 2.61. The maximum atomic E-state index is 12.7. The Morgan fingerprint density at radius 1 is 1.22 bits per heavy atom. The van der Waals surface area contributed by atoms with Crippen molar-refractivity contribution in [2.75, 3.05) is 36.8 Å². The second kappa shape index (κ2) is 7.58. The number of carbonyl (C=O) groups excluding carboxylic acids is 1. The molecule has 2 aliphatic rings. The number of carbonyl (C=O) groups is 1. The summed E-state index contributed by atoms with van der Waals surface area (Å²) in [6, 6.07) is 7.98. The van der Waals surface area contributed by atoms with Crippen LogP contribution in [0.4, 0.5) is 5.69 Å². The molecule has 1 aromatic carbocycles. The molecule has 0 aromatic heterocycles. The summed E-state index contributed by atoms with van der Waals surface area (Å²) in [7, 11) is 0. The first kappa shape index (κ1) is 16.7. The molecule has 23 heavy (non-hydrogen) atoms. The molecule has 1 amide bonds. The Kier molecular flexibility index (Phi) is 5.49. The van der Waals surface area contributed by atoms with Crippen molar-refractivity contribution in [1.29, 1.82) is 0 Å². The van der Waals surface area contributed by atoms with E-state index in [1.54, 1.807) is 0 Å². The molecule has 0 bridgehead atoms. The lowest BCUT2D eigenvalue weighted by atomic mass is 10.1. The van der Waals surface area contributed by atoms with E-state index < -0.39 is 0 Å². The number of thioether (sulfide) groups is 1. The predicted molar refractivity (Wildman–Crippen MR) is 96.3 cm³/mol. The summed E-state index contributed by atoms with van der Waals surface area (Å²) < 4.78 is 0. The fourth-order valence-electron chi connectivity index (χ4n) is 3.27. The lowest BCUT2D eigenvalue weighted by Gasteiger charge is -2.33. The van der Waals surface area contributed by atoms with Crippen molar-refractivity contribution in [2.24, 2.45) is 0 Å². The van der Waals surface area contributed by atoms with Crippen LogP contribution in [0.1, 0.15) is 36.5 Å². The number of rotatable bonds is 3. The fraction of sp³-hybridized carbons (Fsp3) is 0.611. The zero-order valence-corrected chi connectivity index (χ0v) is 14.6. The zero-order valence-electron chi connectivity index (χ0n) is 13.8. The maximum Gasteiger partial charge on any atom is 0.253 e. The van der Waals surface area contributed by atoms with Crippen LogP contribution in [-0.4, -0.2) is 59.2 Å². The summed E-state index contributed by atoms with van der Waals surface area (Å²) in [5, 5.41) is 10.2. The molecule has 0 aliphatic carbocycles. The van der Waals surface area contributed by atoms with E-state index in [0.717, 1.165) is 62.4 Å². The summed E-state index contributed by atoms with van der Waals surface area (Å²) in [5.41, 5.74) is 1.93. The number of aliphatic hydroxyl groups is 1. The van der Waals surface area contributed by atoms with Gasteiger partial charge in [0.1, 0.15) is 0 Å². The first-order chi connectivity index (χ1) is 11.2. The quantitative estimate of drug-likeness (QED) is 0.923. The largest absolute Gasteiger partial charge is 0.393 e. The normalized spacial score (nSPS) is 23.1. The van der Waals surface area contributed by atoms with Crippen molar-refractivity contribution >= 4 is 23.4 Å². The van der Waals surface area contributed by atoms with E-state index in [1.807, 2.05) is 40.9 Å². The molecular weight excluding hydrogens is 308 g/mol. The highest BCUT2D eigenvalue weighted by molar-refractivity contribution is 8.00. The number of anilines is 1. The topological polar surface area (TPSA) is 43.8 Å². The minimum atomic E-state index is -0.157. The van der Waals surface area contributed by atoms with Gasteiger partial charge in [-0.3, -0.25) is 4.79 Å². The van der Waals surface area contributed by atoms with Crippen molar-refractivity contribution in [3.05, 3.63) is 29.8 Å². The average molecular weight is 334 g/mol. The van der Waals surface area contributed by atoms with Gasteiger partial charge in [0.05, 0.1) is 6.10 Å². The molecule has 1 N–H and O–H groups in total. The molecule has 1 atom stereocenters. The Morgan fingerprint density at radius 2 is 1.91 bits per heavy atom. The molecular formula is C18H26N2O2S. The van der Waals surface area contributed by atoms with Gasteiger partial charge in [-0.25, -0.2) is 0 Å². The maximum absolute atomic E-state index is 12.7. The first-order valence-corrected chi connectivity index (χ1v) is 9.66. The minimum Gasteiger partial charge on any atom is -0.393 e. The molecule has 2 aliphatic heterocycles. The van der Waals surface area contributed by atoms with Gasteiger partial charge in [-0.2, -0.15) is 11.8 Å². The molecule has 3 rings (SSSR count). The van der Waals surface area contributed by atoms with Crippen LogP contribution in [0.25, 0.3) is 0 Å². The number of hydrogen-bond donors (Lipinski definition) is 1. The molecule has 0 saturated carbocycles. The van der Waals surface area contributed by atoms with Crippen LogP contribution < -0.4 is 4.90 Å². The third-order valence-corrected chi connectivity index (χ3v) is 6.20. The molecule has 2 fully saturated rings. The van der Waals surface area contributed by atoms with E-state index in [1.165, 1.54) is 0 Å². The summed E-state index contributed by atoms with van der Waals surface area (Å²) >= 11 is 1.98. The van der Waals surface area contributed by atoms with E-state index in [0.29, 0.717) is 5.25 Å². The number of aliphatic hydroxyl groups excluding tert-OH is 1. The highest BCUT2D eigenvalue weighted by Gasteiger charge is 2.24. The molecule has 0 spiro atoms. The van der Waals surface area contributed by atoms with Crippen LogP contribution in [0.3, 0.4) is 0 Å². The molecule has 0 unspecified atom stereocenters. The third kappa shape index (κ3) is 4.01. The summed E-state index contributed by atoms with van der Waals surface area (Å²) in [6.45, 7) is 5.68. The third-order valence-electron chi connectivity index (χ3n) is 4.83. The first-order valence-electron chi connectivity index (χ1n) is 8.61. The number of amides is 1. The monoisotopic (exact) mass is 334 g/mol. The number of nitrogens with zero attached hydrogens (tertiary/aromatic N) is 2. The van der Waals surface area contributed by atoms with Crippen molar-refractivity contribution in [3.8, 4) is 0 Å². The Bertz CT molecular complexity index is 526. The minimum absolute atomic E-state index is 0.157. The second-order valence-electron chi connectivity index (χ2n) is 6.42. The van der Waals surface area contributed by atoms with Gasteiger partial charge >= 0.3 is 0 Å². The van der Waals surface area contributed by atoms with E-state index in [-0.39, 0.29) is 12.0 Å². The molecule has 4 nitrogen and oxygen atoms in total. The van der Waals surface area contributed by atoms with Gasteiger partial charge in [0.2, 0.25) is 0 Å². The lowest BCUT2D eigenvalue weighted by molar-refractivity contribution is 0.0761. The molecule has 1 aromatic rings. The van der Waals surface area contributed by atoms with Crippen LogP contribution in [0.15, 0.2) is 24.3 Å². The van der Waals surface area contributed by atoms with Crippen LogP contribution in [0.2, 0.25) is 0 Å². The molecule has 126 valence electrons. The Labute approximate surface area is 142 Å². The highest BCUT2D eigenvalue weighted by atomic mass is 32.2. The van der Waals surface area contributed by atoms with Crippen LogP contribution in [-0.2, 0) is 0 Å². The van der Waals surface area contributed by atoms with Crippen LogP contribution >= 0.6 is 11.8 Å². The van der Waals surface area contributed by atoms with Crippen molar-refractivity contribution in [1.82, 2.24) is 4.90 Å². The van der Waals surface area contributed by atoms with Crippen LogP contribution in [0.5, 0.6) is 0 Å². The number of benzene rings is 1. The van der Waals surface area contributed by atoms with Crippen LogP contribution in [0, 0.1) is 0 Å². The van der Waals surface area contributed by atoms with Gasteiger partial charge in [0.15, 0.2) is 0 Å². The lowest BCUT2D eigenvalue weighted by Crippen LogP contribution is -2.41. The predicted octanol–water partition coefficient (Wildman–Crippen LogP) is 2.62. The van der Waals surface area contributed by atoms with Gasteiger partial charge in [-0.15, -0.1) is 0 Å². The van der Waals surface area contributed by atoms with Gasteiger partial charge in [-0.05, 0) is 43.5 Å². The molecule has 5 heteroatoms. The van der Waals surface area contributed by atoms with Gasteiger partial charge in [0.25, 0.3) is 5.91 Å². The highest BCUT2D eigenvalue weighted by Crippen LogP contribution is 2.24. The summed E-state index contributed by atoms with van der Waals surface area (Å²) in [4.78, 5) is 16.9. The van der Waals surface area contributed by atoms with E-state index in [2.05, 4.69) is 11.8 Å². The van der Waals surface area contributed by atoms with Crippen molar-refractivity contribution in [2.45, 2.75) is 37.5 Å². The SMILES string of the molecule is CC[C@@H]1CN(C(=O)c2ccc(N3CCC(O)CC3)cc2)CCS1. The molecule has 2 heterocycles. The Hall–Kier alpha value is -1.20. The zero-order chi connectivity index (χ0) is 16.2. The van der Waals surface area contributed by atoms with Gasteiger partial charge in [0, 0.05) is 48.4 Å². The van der Waals surface area contributed by atoms with E-state index in [4.69, 9.17) is 0 Å². The van der Waals surface area contributed by atoms with Crippen molar-refractivity contribution < 1.29 is 9.90 Å². The Balaban J connectivity index is 1.63. The van der Waals surface area contributed by atoms with Gasteiger partial charge in [-0.1, -0.05) is 6.92 Å².